The fourth-order valence-corrected chi connectivity index (χ4v) is 4.05. The van der Waals surface area contributed by atoms with Crippen molar-refractivity contribution in [1.82, 2.24) is 35.3 Å². The van der Waals surface area contributed by atoms with Crippen molar-refractivity contribution in [2.45, 2.75) is 39.5 Å². The van der Waals surface area contributed by atoms with Crippen LogP contribution in [0.5, 0.6) is 0 Å². The lowest BCUT2D eigenvalue weighted by Gasteiger charge is -2.17. The molecule has 15 heteroatoms. The number of carbonyl (C=O) groups excluding carboxylic acids is 2. The number of rotatable bonds is 7. The third-order valence-corrected chi connectivity index (χ3v) is 5.84. The van der Waals surface area contributed by atoms with E-state index in [1.54, 1.807) is 45.0 Å². The van der Waals surface area contributed by atoms with E-state index in [2.05, 4.69) is 36.1 Å². The van der Waals surface area contributed by atoms with Gasteiger partial charge in [0.1, 0.15) is 5.69 Å². The van der Waals surface area contributed by atoms with Gasteiger partial charge in [-0.15, -0.1) is 5.10 Å². The summed E-state index contributed by atoms with van der Waals surface area (Å²) in [5.74, 6) is -2.57. The highest BCUT2D eigenvalue weighted by molar-refractivity contribution is 6.32. The Balaban J connectivity index is 1.78. The molecule has 0 atom stereocenters. The summed E-state index contributed by atoms with van der Waals surface area (Å²) < 4.78 is 41.6. The zero-order valence-corrected chi connectivity index (χ0v) is 22.0. The smallest absolute Gasteiger partial charge is 0.350 e. The van der Waals surface area contributed by atoms with Crippen molar-refractivity contribution in [3.05, 3.63) is 87.2 Å². The topological polar surface area (TPSA) is 124 Å². The van der Waals surface area contributed by atoms with Gasteiger partial charge in [0.05, 0.1) is 40.8 Å². The molecule has 2 amide bonds. The Kier molecular flexibility index (Phi) is 7.87. The molecular weight excluding hydrogens is 551 g/mol. The Morgan fingerprint density at radius 1 is 1.15 bits per heavy atom. The normalized spacial score (nSPS) is 11.4. The molecule has 0 unspecified atom stereocenters. The van der Waals surface area contributed by atoms with Crippen molar-refractivity contribution in [2.24, 2.45) is 0 Å². The second kappa shape index (κ2) is 11.1. The molecule has 2 N–H and O–H groups in total. The van der Waals surface area contributed by atoms with Crippen LogP contribution in [0.25, 0.3) is 10.5 Å². The Morgan fingerprint density at radius 2 is 1.88 bits per heavy atom. The zero-order chi connectivity index (χ0) is 29.2. The number of nitrogens with zero attached hydrogens (tertiary/aromatic N) is 7. The molecule has 2 aromatic heterocycles. The van der Waals surface area contributed by atoms with Gasteiger partial charge in [0.2, 0.25) is 0 Å². The second-order valence-electron chi connectivity index (χ2n) is 8.92. The van der Waals surface area contributed by atoms with E-state index in [9.17, 15) is 22.8 Å². The van der Waals surface area contributed by atoms with Crippen LogP contribution in [0.1, 0.15) is 51.8 Å². The highest BCUT2D eigenvalue weighted by atomic mass is 35.5. The van der Waals surface area contributed by atoms with E-state index in [-0.39, 0.29) is 45.1 Å². The van der Waals surface area contributed by atoms with Gasteiger partial charge >= 0.3 is 6.18 Å². The van der Waals surface area contributed by atoms with Crippen LogP contribution in [0.15, 0.2) is 42.5 Å². The van der Waals surface area contributed by atoms with E-state index in [0.717, 1.165) is 0 Å². The molecule has 4 rings (SSSR count). The van der Waals surface area contributed by atoms with Gasteiger partial charge < -0.3 is 10.6 Å². The summed E-state index contributed by atoms with van der Waals surface area (Å²) in [5.41, 5.74) is 1.10. The zero-order valence-electron chi connectivity index (χ0n) is 21.3. The number of benzene rings is 2. The van der Waals surface area contributed by atoms with Crippen molar-refractivity contribution in [3.8, 4) is 5.69 Å². The van der Waals surface area contributed by atoms with Crippen LogP contribution in [-0.4, -0.2) is 47.8 Å². The van der Waals surface area contributed by atoms with Crippen molar-refractivity contribution < 1.29 is 22.8 Å². The average molecular weight is 572 g/mol. The van der Waals surface area contributed by atoms with Gasteiger partial charge in [-0.25, -0.2) is 14.2 Å². The number of alkyl halides is 3. The maximum atomic E-state index is 13.6. The SMILES string of the molecule is [C-]#[N+]c1cc(C)c(NC(=O)c2cc(Cn3nnnc3C(F)(F)F)nn2-c2ccccc2Cl)c(C(=O)NC(C)C)c1. The van der Waals surface area contributed by atoms with Gasteiger partial charge in [-0.3, -0.25) is 9.59 Å². The van der Waals surface area contributed by atoms with Crippen molar-refractivity contribution in [2.75, 3.05) is 5.32 Å². The molecule has 0 saturated heterocycles. The first-order valence-electron chi connectivity index (χ1n) is 11.7. The fourth-order valence-electron chi connectivity index (χ4n) is 3.84. The van der Waals surface area contributed by atoms with Gasteiger partial charge in [0, 0.05) is 6.04 Å². The van der Waals surface area contributed by atoms with Gasteiger partial charge in [0.15, 0.2) is 5.69 Å². The van der Waals surface area contributed by atoms with Gasteiger partial charge in [-0.1, -0.05) is 29.8 Å². The maximum absolute atomic E-state index is 13.6. The third kappa shape index (κ3) is 5.94. The lowest BCUT2D eigenvalue weighted by atomic mass is 10.0. The number of aromatic nitrogens is 6. The highest BCUT2D eigenvalue weighted by Gasteiger charge is 2.38. The number of halogens is 4. The summed E-state index contributed by atoms with van der Waals surface area (Å²) in [7, 11) is 0. The van der Waals surface area contributed by atoms with Crippen LogP contribution in [0.3, 0.4) is 0 Å². The van der Waals surface area contributed by atoms with E-state index >= 15 is 0 Å². The minimum Gasteiger partial charge on any atom is -0.350 e. The summed E-state index contributed by atoms with van der Waals surface area (Å²) >= 11 is 6.35. The summed E-state index contributed by atoms with van der Waals surface area (Å²) in [6.07, 6.45) is -4.81. The van der Waals surface area contributed by atoms with Crippen molar-refractivity contribution in [3.63, 3.8) is 0 Å². The predicted molar refractivity (Wildman–Crippen MR) is 138 cm³/mol. The summed E-state index contributed by atoms with van der Waals surface area (Å²) in [4.78, 5) is 29.9. The third-order valence-electron chi connectivity index (χ3n) is 5.52. The van der Waals surface area contributed by atoms with E-state index in [0.29, 0.717) is 10.2 Å². The molecule has 0 aliphatic heterocycles. The Hall–Kier alpha value is -4.77. The van der Waals surface area contributed by atoms with Crippen LogP contribution >= 0.6 is 11.6 Å². The summed E-state index contributed by atoms with van der Waals surface area (Å²) in [6.45, 7) is 12.0. The number of hydrogen-bond donors (Lipinski definition) is 2. The van der Waals surface area contributed by atoms with Gasteiger partial charge in [-0.05, 0) is 61.0 Å². The van der Waals surface area contributed by atoms with Crippen molar-refractivity contribution >= 4 is 34.8 Å². The lowest BCUT2D eigenvalue weighted by molar-refractivity contribution is -0.147. The molecule has 0 aliphatic carbocycles. The van der Waals surface area contributed by atoms with E-state index in [1.807, 2.05) is 0 Å². The van der Waals surface area contributed by atoms with Crippen LogP contribution < -0.4 is 10.6 Å². The standard InChI is InChI=1S/C25H21ClF3N9O2/c1-13(2)31-22(39)17-10-15(30-4)9-14(3)21(17)32-23(40)20-11-16(12-37-24(25(27,28)29)33-35-36-37)34-38(20)19-8-6-5-7-18(19)26/h5-11,13H,12H2,1-3H3,(H,31,39)(H,32,40). The highest BCUT2D eigenvalue weighted by Crippen LogP contribution is 2.30. The Bertz CT molecular complexity index is 1640. The number of carbonyl (C=O) groups is 2. The van der Waals surface area contributed by atoms with Crippen LogP contribution in [0.4, 0.5) is 24.5 Å². The second-order valence-corrected chi connectivity index (χ2v) is 9.33. The molecule has 0 saturated carbocycles. The molecule has 206 valence electrons. The number of anilines is 1. The fraction of sp³-hybridized carbons (Fsp3) is 0.240. The molecule has 11 nitrogen and oxygen atoms in total. The van der Waals surface area contributed by atoms with Gasteiger partial charge in [0.25, 0.3) is 17.6 Å². The minimum absolute atomic E-state index is 0.0284. The molecule has 40 heavy (non-hydrogen) atoms. The first kappa shape index (κ1) is 28.2. The number of nitrogens with one attached hydrogen (secondary N) is 2. The monoisotopic (exact) mass is 571 g/mol. The maximum Gasteiger partial charge on any atom is 0.453 e. The first-order chi connectivity index (χ1) is 18.9. The molecule has 0 radical (unpaired) electrons. The van der Waals surface area contributed by atoms with Crippen LogP contribution in [-0.2, 0) is 12.7 Å². The number of amides is 2. The van der Waals surface area contributed by atoms with Crippen molar-refractivity contribution in [1.29, 1.82) is 0 Å². The quantitative estimate of drug-likeness (QED) is 0.306. The molecular formula is C25H21ClF3N9O2. The molecule has 0 fully saturated rings. The lowest BCUT2D eigenvalue weighted by Crippen LogP contribution is -2.31. The molecule has 0 aliphatic rings. The Labute approximate surface area is 230 Å². The summed E-state index contributed by atoms with van der Waals surface area (Å²) in [5, 5.41) is 19.5. The minimum atomic E-state index is -4.81. The number of tetrazole rings is 1. The molecule has 2 heterocycles. The van der Waals surface area contributed by atoms with Crippen LogP contribution in [0.2, 0.25) is 5.02 Å². The average Bonchev–Trinajstić information content (AvgIpc) is 3.52. The van der Waals surface area contributed by atoms with E-state index in [4.69, 9.17) is 18.2 Å². The molecule has 0 bridgehead atoms. The van der Waals surface area contributed by atoms with E-state index in [1.165, 1.54) is 22.9 Å². The molecule has 4 aromatic rings. The molecule has 0 spiro atoms. The predicted octanol–water partition coefficient (Wildman–Crippen LogP) is 4.83. The van der Waals surface area contributed by atoms with Gasteiger partial charge in [-0.2, -0.15) is 18.3 Å². The largest absolute Gasteiger partial charge is 0.453 e. The number of hydrogen-bond acceptors (Lipinski definition) is 6. The van der Waals surface area contributed by atoms with Crippen LogP contribution in [0, 0.1) is 13.5 Å². The Morgan fingerprint density at radius 3 is 2.52 bits per heavy atom. The molecule has 2 aromatic carbocycles. The number of para-hydroxylation sites is 1. The first-order valence-corrected chi connectivity index (χ1v) is 12.1. The number of aryl methyl sites for hydroxylation is 1. The summed E-state index contributed by atoms with van der Waals surface area (Å²) in [6, 6.07) is 10.4. The van der Waals surface area contributed by atoms with E-state index < -0.39 is 30.4 Å².